The van der Waals surface area contributed by atoms with Gasteiger partial charge in [-0.25, -0.2) is 23.1 Å². The van der Waals surface area contributed by atoms with Crippen LogP contribution in [-0.2, 0) is 10.4 Å². The topological polar surface area (TPSA) is 109 Å². The Morgan fingerprint density at radius 2 is 1.97 bits per heavy atom. The first-order chi connectivity index (χ1) is 17.1. The van der Waals surface area contributed by atoms with Gasteiger partial charge in [0.2, 0.25) is 5.91 Å². The predicted molar refractivity (Wildman–Crippen MR) is 125 cm³/mol. The molecule has 0 aliphatic carbocycles. The molecule has 1 aliphatic rings. The van der Waals surface area contributed by atoms with Gasteiger partial charge in [-0.2, -0.15) is 0 Å². The third kappa shape index (κ3) is 3.91. The SMILES string of the molecule is CC(=O)N1CCC(O)(c2cc3c(N[C@H](C)c4cccc(C(F)F)c4F)nc(C)nc3n3cnnc23)C1. The third-order valence-corrected chi connectivity index (χ3v) is 6.65. The molecule has 1 aromatic carbocycles. The summed E-state index contributed by atoms with van der Waals surface area (Å²) < 4.78 is 42.9. The van der Waals surface area contributed by atoms with E-state index in [1.54, 1.807) is 29.2 Å². The second-order valence-electron chi connectivity index (χ2n) is 9.08. The Balaban J connectivity index is 1.64. The van der Waals surface area contributed by atoms with E-state index in [1.165, 1.54) is 25.4 Å². The molecule has 2 N–H and O–H groups in total. The average Bonchev–Trinajstić information content (AvgIpc) is 3.46. The number of alkyl halides is 2. The summed E-state index contributed by atoms with van der Waals surface area (Å²) in [6, 6.07) is 4.86. The molecule has 0 saturated carbocycles. The zero-order valence-electron chi connectivity index (χ0n) is 19.8. The minimum Gasteiger partial charge on any atom is -0.383 e. The van der Waals surface area contributed by atoms with Crippen molar-refractivity contribution >= 4 is 28.4 Å². The standard InChI is InChI=1S/C24H24F3N7O2/c1-12(15-5-4-6-16(19(15)25)20(26)27)29-21-17-9-18(24(36)7-8-33(10-24)14(3)35)23-32-28-11-34(23)22(17)31-13(2)30-21/h4-6,9,11-12,20,36H,7-8,10H2,1-3H3,(H,29,30,31)/t12-,24?/m1/s1. The number of rotatable bonds is 5. The lowest BCUT2D eigenvalue weighted by Gasteiger charge is -2.25. The van der Waals surface area contributed by atoms with Crippen molar-refractivity contribution in [3.05, 3.63) is 58.9 Å². The van der Waals surface area contributed by atoms with Gasteiger partial charge in [-0.1, -0.05) is 18.2 Å². The number of carbonyl (C=O) groups excluding carboxylic acids is 1. The molecule has 12 heteroatoms. The van der Waals surface area contributed by atoms with Gasteiger partial charge in [-0.15, -0.1) is 10.2 Å². The number of fused-ring (bicyclic) bond motifs is 3. The van der Waals surface area contributed by atoms with Crippen molar-refractivity contribution in [2.24, 2.45) is 0 Å². The summed E-state index contributed by atoms with van der Waals surface area (Å²) in [6.45, 7) is 5.25. The average molecular weight is 499 g/mol. The summed E-state index contributed by atoms with van der Waals surface area (Å²) >= 11 is 0. The van der Waals surface area contributed by atoms with Gasteiger partial charge in [0.05, 0.1) is 23.5 Å². The van der Waals surface area contributed by atoms with Crippen molar-refractivity contribution < 1.29 is 23.1 Å². The number of hydrogen-bond acceptors (Lipinski definition) is 7. The molecular weight excluding hydrogens is 475 g/mol. The Hall–Kier alpha value is -3.80. The van der Waals surface area contributed by atoms with Crippen molar-refractivity contribution in [1.29, 1.82) is 0 Å². The summed E-state index contributed by atoms with van der Waals surface area (Å²) in [5.74, 6) is -0.390. The number of halogens is 3. The van der Waals surface area contributed by atoms with Crippen LogP contribution in [0.3, 0.4) is 0 Å². The lowest BCUT2D eigenvalue weighted by Crippen LogP contribution is -2.33. The quantitative estimate of drug-likeness (QED) is 0.431. The van der Waals surface area contributed by atoms with Gasteiger partial charge in [0.15, 0.2) is 11.3 Å². The van der Waals surface area contributed by atoms with E-state index in [4.69, 9.17) is 0 Å². The monoisotopic (exact) mass is 499 g/mol. The Kier molecular flexibility index (Phi) is 5.78. The molecule has 3 aromatic heterocycles. The summed E-state index contributed by atoms with van der Waals surface area (Å²) in [7, 11) is 0. The summed E-state index contributed by atoms with van der Waals surface area (Å²) in [6.07, 6.45) is -1.17. The second-order valence-corrected chi connectivity index (χ2v) is 9.08. The van der Waals surface area contributed by atoms with Crippen LogP contribution in [-0.4, -0.2) is 53.6 Å². The number of benzene rings is 1. The van der Waals surface area contributed by atoms with E-state index in [0.717, 1.165) is 6.07 Å². The third-order valence-electron chi connectivity index (χ3n) is 6.65. The molecule has 1 saturated heterocycles. The van der Waals surface area contributed by atoms with E-state index in [1.807, 2.05) is 0 Å². The van der Waals surface area contributed by atoms with Gasteiger partial charge in [0, 0.05) is 24.6 Å². The molecule has 4 heterocycles. The summed E-state index contributed by atoms with van der Waals surface area (Å²) in [4.78, 5) is 22.5. The first kappa shape index (κ1) is 23.9. The molecular formula is C24H24F3N7O2. The molecule has 1 aliphatic heterocycles. The van der Waals surface area contributed by atoms with Gasteiger partial charge in [0.1, 0.15) is 29.4 Å². The number of aromatic nitrogens is 5. The van der Waals surface area contributed by atoms with Crippen molar-refractivity contribution in [1.82, 2.24) is 29.5 Å². The number of hydrogen-bond donors (Lipinski definition) is 2. The predicted octanol–water partition coefficient (Wildman–Crippen LogP) is 3.67. The molecule has 5 rings (SSSR count). The molecule has 188 valence electrons. The fraction of sp³-hybridized carbons (Fsp3) is 0.375. The van der Waals surface area contributed by atoms with E-state index >= 15 is 0 Å². The maximum Gasteiger partial charge on any atom is 0.266 e. The molecule has 9 nitrogen and oxygen atoms in total. The van der Waals surface area contributed by atoms with Crippen molar-refractivity contribution in [3.63, 3.8) is 0 Å². The lowest BCUT2D eigenvalue weighted by molar-refractivity contribution is -0.128. The molecule has 36 heavy (non-hydrogen) atoms. The highest BCUT2D eigenvalue weighted by molar-refractivity contribution is 5.90. The zero-order chi connectivity index (χ0) is 25.8. The zero-order valence-corrected chi connectivity index (χ0v) is 19.8. The lowest BCUT2D eigenvalue weighted by atomic mass is 9.93. The van der Waals surface area contributed by atoms with Crippen LogP contribution in [0.1, 0.15) is 55.3 Å². The van der Waals surface area contributed by atoms with Crippen molar-refractivity contribution in [3.8, 4) is 0 Å². The van der Waals surface area contributed by atoms with Crippen LogP contribution < -0.4 is 5.32 Å². The number of nitrogens with one attached hydrogen (secondary N) is 1. The number of β-amino-alcohol motifs (C(OH)–C–C–N with tert-alkyl or cyclic N) is 1. The highest BCUT2D eigenvalue weighted by Gasteiger charge is 2.41. The number of amides is 1. The first-order valence-corrected chi connectivity index (χ1v) is 11.4. The van der Waals surface area contributed by atoms with Gasteiger partial charge >= 0.3 is 0 Å². The van der Waals surface area contributed by atoms with Crippen molar-refractivity contribution in [2.75, 3.05) is 18.4 Å². The van der Waals surface area contributed by atoms with Crippen LogP contribution in [0.4, 0.5) is 19.0 Å². The maximum absolute atomic E-state index is 14.8. The van der Waals surface area contributed by atoms with Crippen LogP contribution in [0.15, 0.2) is 30.6 Å². The molecule has 0 bridgehead atoms. The Labute approximate surface area is 204 Å². The normalized spacial score (nSPS) is 18.9. The highest BCUT2D eigenvalue weighted by Crippen LogP contribution is 2.37. The van der Waals surface area contributed by atoms with Crippen LogP contribution in [0, 0.1) is 12.7 Å². The summed E-state index contributed by atoms with van der Waals surface area (Å²) in [5, 5.41) is 23.3. The van der Waals surface area contributed by atoms with Crippen LogP contribution in [0.5, 0.6) is 0 Å². The molecule has 1 amide bonds. The minimum absolute atomic E-state index is 0.0642. The van der Waals surface area contributed by atoms with Crippen LogP contribution in [0.25, 0.3) is 16.7 Å². The molecule has 0 spiro atoms. The Morgan fingerprint density at radius 1 is 1.22 bits per heavy atom. The minimum atomic E-state index is -2.94. The number of aryl methyl sites for hydroxylation is 1. The van der Waals surface area contributed by atoms with Crippen molar-refractivity contribution in [2.45, 2.75) is 45.3 Å². The molecule has 1 unspecified atom stereocenters. The van der Waals surface area contributed by atoms with E-state index in [0.29, 0.717) is 46.9 Å². The first-order valence-electron chi connectivity index (χ1n) is 11.4. The Bertz CT molecular complexity index is 1490. The number of aliphatic hydroxyl groups is 1. The fourth-order valence-electron chi connectivity index (χ4n) is 4.75. The van der Waals surface area contributed by atoms with Gasteiger partial charge in [0.25, 0.3) is 6.43 Å². The van der Waals surface area contributed by atoms with E-state index < -0.39 is 29.4 Å². The molecule has 1 fully saturated rings. The van der Waals surface area contributed by atoms with Gasteiger partial charge < -0.3 is 15.3 Å². The second kappa shape index (κ2) is 8.70. The van der Waals surface area contributed by atoms with Crippen LogP contribution >= 0.6 is 0 Å². The number of likely N-dealkylation sites (tertiary alicyclic amines) is 1. The largest absolute Gasteiger partial charge is 0.383 e. The molecule has 4 aromatic rings. The number of anilines is 1. The molecule has 0 radical (unpaired) electrons. The summed E-state index contributed by atoms with van der Waals surface area (Å²) in [5.41, 5.74) is -0.688. The van der Waals surface area contributed by atoms with Gasteiger partial charge in [-0.05, 0) is 26.3 Å². The fourth-order valence-corrected chi connectivity index (χ4v) is 4.75. The number of nitrogens with zero attached hydrogens (tertiary/aromatic N) is 6. The molecule has 2 atom stereocenters. The number of carbonyl (C=O) groups is 1. The number of pyridine rings is 1. The van der Waals surface area contributed by atoms with Gasteiger partial charge in [-0.3, -0.25) is 9.20 Å². The van der Waals surface area contributed by atoms with Crippen LogP contribution in [0.2, 0.25) is 0 Å². The Morgan fingerprint density at radius 3 is 2.67 bits per heavy atom. The highest BCUT2D eigenvalue weighted by atomic mass is 19.3. The van der Waals surface area contributed by atoms with E-state index in [9.17, 15) is 23.1 Å². The van der Waals surface area contributed by atoms with E-state index in [-0.39, 0.29) is 18.0 Å². The van der Waals surface area contributed by atoms with E-state index in [2.05, 4.69) is 25.5 Å². The maximum atomic E-state index is 14.8. The smallest absolute Gasteiger partial charge is 0.266 e.